The number of benzene rings is 1. The van der Waals surface area contributed by atoms with Crippen LogP contribution in [0.15, 0.2) is 36.4 Å². The Hall–Kier alpha value is -2.87. The van der Waals surface area contributed by atoms with Crippen LogP contribution in [0, 0.1) is 6.92 Å². The molecular formula is C19H26N2O6. The normalized spacial score (nSPS) is 14.4. The highest BCUT2D eigenvalue weighted by Gasteiger charge is 2.21. The molecule has 1 aliphatic heterocycles. The van der Waals surface area contributed by atoms with Gasteiger partial charge in [0.05, 0.1) is 6.61 Å². The topological polar surface area (TPSA) is 107 Å². The predicted molar refractivity (Wildman–Crippen MR) is 99.5 cm³/mol. The van der Waals surface area contributed by atoms with Crippen LogP contribution in [-0.4, -0.2) is 70.8 Å². The van der Waals surface area contributed by atoms with Gasteiger partial charge in [0, 0.05) is 44.9 Å². The number of aryl methyl sites for hydroxylation is 1. The fourth-order valence-electron chi connectivity index (χ4n) is 2.47. The summed E-state index contributed by atoms with van der Waals surface area (Å²) >= 11 is 0. The minimum atomic E-state index is -1.26. The Balaban J connectivity index is 0.000000387. The lowest BCUT2D eigenvalue weighted by atomic mass is 10.1. The number of aliphatic carboxylic acids is 2. The van der Waals surface area contributed by atoms with E-state index in [-0.39, 0.29) is 6.09 Å². The van der Waals surface area contributed by atoms with Gasteiger partial charge in [-0.1, -0.05) is 24.3 Å². The van der Waals surface area contributed by atoms with Crippen molar-refractivity contribution in [3.63, 3.8) is 0 Å². The molecule has 1 aromatic carbocycles. The van der Waals surface area contributed by atoms with Gasteiger partial charge in [-0.3, -0.25) is 4.90 Å². The number of ether oxygens (including phenoxy) is 1. The molecule has 0 spiro atoms. The lowest BCUT2D eigenvalue weighted by Crippen LogP contribution is -2.48. The summed E-state index contributed by atoms with van der Waals surface area (Å²) in [6.07, 6.45) is 0.933. The summed E-state index contributed by atoms with van der Waals surface area (Å²) in [7, 11) is 0. The van der Waals surface area contributed by atoms with Crippen molar-refractivity contribution in [2.45, 2.75) is 20.4 Å². The second-order valence-corrected chi connectivity index (χ2v) is 5.90. The van der Waals surface area contributed by atoms with Crippen molar-refractivity contribution in [3.8, 4) is 0 Å². The average molecular weight is 378 g/mol. The molecule has 0 bridgehead atoms. The van der Waals surface area contributed by atoms with E-state index in [9.17, 15) is 14.4 Å². The van der Waals surface area contributed by atoms with Crippen LogP contribution in [-0.2, 0) is 20.9 Å². The molecule has 0 aliphatic carbocycles. The number of piperazine rings is 1. The van der Waals surface area contributed by atoms with Crippen molar-refractivity contribution in [2.24, 2.45) is 0 Å². The van der Waals surface area contributed by atoms with E-state index >= 15 is 0 Å². The van der Waals surface area contributed by atoms with Gasteiger partial charge in [0.2, 0.25) is 0 Å². The van der Waals surface area contributed by atoms with Gasteiger partial charge in [0.1, 0.15) is 0 Å². The number of hydrogen-bond acceptors (Lipinski definition) is 5. The van der Waals surface area contributed by atoms with Gasteiger partial charge in [0.15, 0.2) is 0 Å². The Morgan fingerprint density at radius 1 is 1.04 bits per heavy atom. The molecule has 2 N–H and O–H groups in total. The number of nitrogens with zero attached hydrogens (tertiary/aromatic N) is 2. The summed E-state index contributed by atoms with van der Waals surface area (Å²) in [6.45, 7) is 8.72. The average Bonchev–Trinajstić information content (AvgIpc) is 2.63. The van der Waals surface area contributed by atoms with Crippen molar-refractivity contribution >= 4 is 18.0 Å². The number of rotatable bonds is 5. The van der Waals surface area contributed by atoms with Gasteiger partial charge < -0.3 is 19.8 Å². The SMILES string of the molecule is CCOC(=O)N1CCN(Cc2ccccc2C)CC1.O=C(O)/C=C/C(=O)O. The third-order valence-corrected chi connectivity index (χ3v) is 3.92. The van der Waals surface area contributed by atoms with E-state index in [0.29, 0.717) is 18.8 Å². The van der Waals surface area contributed by atoms with Gasteiger partial charge in [-0.15, -0.1) is 0 Å². The van der Waals surface area contributed by atoms with Crippen molar-refractivity contribution in [1.82, 2.24) is 9.80 Å². The minimum absolute atomic E-state index is 0.182. The van der Waals surface area contributed by atoms with Crippen LogP contribution in [0.5, 0.6) is 0 Å². The van der Waals surface area contributed by atoms with Crippen molar-refractivity contribution in [3.05, 3.63) is 47.5 Å². The van der Waals surface area contributed by atoms with Gasteiger partial charge in [-0.05, 0) is 25.0 Å². The van der Waals surface area contributed by atoms with Crippen LogP contribution in [0.2, 0.25) is 0 Å². The van der Waals surface area contributed by atoms with Crippen LogP contribution >= 0.6 is 0 Å². The molecular weight excluding hydrogens is 352 g/mol. The van der Waals surface area contributed by atoms with Crippen LogP contribution < -0.4 is 0 Å². The molecule has 1 amide bonds. The Labute approximate surface area is 158 Å². The number of carboxylic acid groups (broad SMARTS) is 2. The number of hydrogen-bond donors (Lipinski definition) is 2. The van der Waals surface area contributed by atoms with E-state index in [2.05, 4.69) is 36.1 Å². The second kappa shape index (κ2) is 11.7. The van der Waals surface area contributed by atoms with Gasteiger partial charge >= 0.3 is 18.0 Å². The molecule has 1 aliphatic rings. The number of carboxylic acids is 2. The quantitative estimate of drug-likeness (QED) is 0.754. The zero-order chi connectivity index (χ0) is 20.2. The molecule has 1 saturated heterocycles. The van der Waals surface area contributed by atoms with Crippen LogP contribution in [0.3, 0.4) is 0 Å². The summed E-state index contributed by atoms with van der Waals surface area (Å²) in [4.78, 5) is 34.9. The Morgan fingerprint density at radius 3 is 2.07 bits per heavy atom. The zero-order valence-electron chi connectivity index (χ0n) is 15.6. The maximum Gasteiger partial charge on any atom is 0.409 e. The molecule has 8 nitrogen and oxygen atoms in total. The number of carbonyl (C=O) groups is 3. The van der Waals surface area contributed by atoms with Gasteiger partial charge in [-0.2, -0.15) is 0 Å². The van der Waals surface area contributed by atoms with E-state index in [1.807, 2.05) is 6.92 Å². The van der Waals surface area contributed by atoms with E-state index < -0.39 is 11.9 Å². The lowest BCUT2D eigenvalue weighted by Gasteiger charge is -2.34. The van der Waals surface area contributed by atoms with Crippen molar-refractivity contribution in [2.75, 3.05) is 32.8 Å². The third-order valence-electron chi connectivity index (χ3n) is 3.92. The van der Waals surface area contributed by atoms with E-state index in [1.165, 1.54) is 11.1 Å². The summed E-state index contributed by atoms with van der Waals surface area (Å²) in [5, 5.41) is 15.6. The van der Waals surface area contributed by atoms with Crippen LogP contribution in [0.25, 0.3) is 0 Å². The first-order valence-electron chi connectivity index (χ1n) is 8.66. The Morgan fingerprint density at radius 2 is 1.59 bits per heavy atom. The molecule has 2 rings (SSSR count). The molecule has 148 valence electrons. The molecule has 0 atom stereocenters. The number of amides is 1. The van der Waals surface area contributed by atoms with Gasteiger partial charge in [-0.25, -0.2) is 14.4 Å². The van der Waals surface area contributed by atoms with Crippen LogP contribution in [0.1, 0.15) is 18.1 Å². The maximum atomic E-state index is 11.6. The first-order valence-corrected chi connectivity index (χ1v) is 8.66. The van der Waals surface area contributed by atoms with E-state index in [4.69, 9.17) is 14.9 Å². The second-order valence-electron chi connectivity index (χ2n) is 5.90. The highest BCUT2D eigenvalue weighted by Crippen LogP contribution is 2.12. The molecule has 1 aromatic rings. The highest BCUT2D eigenvalue weighted by molar-refractivity contribution is 5.89. The Bertz CT molecular complexity index is 650. The standard InChI is InChI=1S/C15H22N2O2.C4H4O4/c1-3-19-15(18)17-10-8-16(9-11-17)12-14-7-5-4-6-13(14)2;5-3(6)1-2-4(7)8/h4-7H,3,8-12H2,1-2H3;1-2H,(H,5,6)(H,7,8)/b;2-1+. The maximum absolute atomic E-state index is 11.6. The molecule has 8 heteroatoms. The van der Waals surface area contributed by atoms with Crippen LogP contribution in [0.4, 0.5) is 4.79 Å². The monoisotopic (exact) mass is 378 g/mol. The fraction of sp³-hybridized carbons (Fsp3) is 0.421. The number of carbonyl (C=O) groups excluding carboxylic acids is 1. The fourth-order valence-corrected chi connectivity index (χ4v) is 2.47. The summed E-state index contributed by atoms with van der Waals surface area (Å²) in [5.41, 5.74) is 2.70. The lowest BCUT2D eigenvalue weighted by molar-refractivity contribution is -0.134. The van der Waals surface area contributed by atoms with E-state index in [0.717, 1.165) is 32.7 Å². The predicted octanol–water partition coefficient (Wildman–Crippen LogP) is 1.98. The first kappa shape index (κ1) is 22.2. The smallest absolute Gasteiger partial charge is 0.409 e. The minimum Gasteiger partial charge on any atom is -0.478 e. The Kier molecular flexibility index (Phi) is 9.60. The van der Waals surface area contributed by atoms with E-state index in [1.54, 1.807) is 4.90 Å². The zero-order valence-corrected chi connectivity index (χ0v) is 15.6. The van der Waals surface area contributed by atoms with Crippen molar-refractivity contribution in [1.29, 1.82) is 0 Å². The first-order chi connectivity index (χ1) is 12.8. The molecule has 0 radical (unpaired) electrons. The summed E-state index contributed by atoms with van der Waals surface area (Å²) < 4.78 is 5.02. The highest BCUT2D eigenvalue weighted by atomic mass is 16.6. The molecule has 0 saturated carbocycles. The molecule has 1 fully saturated rings. The van der Waals surface area contributed by atoms with Crippen molar-refractivity contribution < 1.29 is 29.3 Å². The third kappa shape index (κ3) is 8.87. The summed E-state index contributed by atoms with van der Waals surface area (Å²) in [6, 6.07) is 8.46. The largest absolute Gasteiger partial charge is 0.478 e. The molecule has 1 heterocycles. The molecule has 0 unspecified atom stereocenters. The summed E-state index contributed by atoms with van der Waals surface area (Å²) in [5.74, 6) is -2.51. The molecule has 27 heavy (non-hydrogen) atoms. The van der Waals surface area contributed by atoms with Gasteiger partial charge in [0.25, 0.3) is 0 Å². The molecule has 0 aromatic heterocycles.